The van der Waals surface area contributed by atoms with Crippen LogP contribution in [0.2, 0.25) is 5.02 Å². The number of pyridine rings is 1. The topological polar surface area (TPSA) is 59.1 Å². The van der Waals surface area contributed by atoms with Gasteiger partial charge in [-0.2, -0.15) is 13.2 Å². The Kier molecular flexibility index (Phi) is 5.28. The van der Waals surface area contributed by atoms with Gasteiger partial charge in [-0.1, -0.05) is 17.7 Å². The summed E-state index contributed by atoms with van der Waals surface area (Å²) >= 11 is 5.73. The van der Waals surface area contributed by atoms with Gasteiger partial charge in [-0.05, 0) is 30.3 Å². The van der Waals surface area contributed by atoms with Crippen LogP contribution in [0, 0.1) is 0 Å². The second-order valence-electron chi connectivity index (χ2n) is 4.61. The lowest BCUT2D eigenvalue weighted by molar-refractivity contribution is -0.137. The molecule has 1 N–H and O–H groups in total. The molecule has 0 bridgehead atoms. The molecular formula is C14H12ClF3N2O2S. The number of alkyl halides is 3. The molecule has 0 amide bonds. The molecule has 0 atom stereocenters. The zero-order valence-electron chi connectivity index (χ0n) is 11.6. The molecule has 0 spiro atoms. The van der Waals surface area contributed by atoms with Gasteiger partial charge in [-0.15, -0.1) is 0 Å². The maximum absolute atomic E-state index is 12.7. The van der Waals surface area contributed by atoms with Crippen molar-refractivity contribution in [2.24, 2.45) is 0 Å². The number of aromatic nitrogens is 1. The van der Waals surface area contributed by atoms with Gasteiger partial charge < -0.3 is 0 Å². The van der Waals surface area contributed by atoms with Crippen molar-refractivity contribution in [2.75, 3.05) is 6.54 Å². The van der Waals surface area contributed by atoms with E-state index >= 15 is 0 Å². The van der Waals surface area contributed by atoms with Crippen molar-refractivity contribution in [1.29, 1.82) is 0 Å². The van der Waals surface area contributed by atoms with Crippen LogP contribution in [0.25, 0.3) is 0 Å². The van der Waals surface area contributed by atoms with E-state index < -0.39 is 26.7 Å². The number of nitrogens with zero attached hydrogens (tertiary/aromatic N) is 1. The van der Waals surface area contributed by atoms with Crippen LogP contribution in [-0.4, -0.2) is 19.9 Å². The minimum Gasteiger partial charge on any atom is -0.261 e. The van der Waals surface area contributed by atoms with Crippen LogP contribution in [-0.2, 0) is 22.6 Å². The van der Waals surface area contributed by atoms with Crippen molar-refractivity contribution in [3.05, 3.63) is 58.9 Å². The number of sulfonamides is 1. The van der Waals surface area contributed by atoms with E-state index in [4.69, 9.17) is 11.6 Å². The van der Waals surface area contributed by atoms with Crippen LogP contribution >= 0.6 is 11.6 Å². The summed E-state index contributed by atoms with van der Waals surface area (Å²) < 4.78 is 64.6. The van der Waals surface area contributed by atoms with E-state index in [2.05, 4.69) is 9.71 Å². The molecule has 1 heterocycles. The van der Waals surface area contributed by atoms with Crippen LogP contribution in [0.1, 0.15) is 11.3 Å². The Morgan fingerprint density at radius 1 is 1.17 bits per heavy atom. The van der Waals surface area contributed by atoms with Gasteiger partial charge in [0.15, 0.2) is 0 Å². The van der Waals surface area contributed by atoms with E-state index in [-0.39, 0.29) is 11.6 Å². The first-order chi connectivity index (χ1) is 10.7. The Labute approximate surface area is 136 Å². The van der Waals surface area contributed by atoms with E-state index in [0.717, 1.165) is 12.1 Å². The molecule has 23 heavy (non-hydrogen) atoms. The van der Waals surface area contributed by atoms with Crippen molar-refractivity contribution in [1.82, 2.24) is 9.71 Å². The van der Waals surface area contributed by atoms with E-state index in [1.54, 1.807) is 24.4 Å². The molecule has 0 aliphatic heterocycles. The fourth-order valence-corrected chi connectivity index (χ4v) is 3.38. The summed E-state index contributed by atoms with van der Waals surface area (Å²) in [6.07, 6.45) is -2.78. The maximum atomic E-state index is 12.7. The number of halogens is 4. The van der Waals surface area contributed by atoms with E-state index in [0.29, 0.717) is 18.2 Å². The standard InChI is InChI=1S/C14H12ClF3N2O2S/c15-12-5-4-10(14(16,17)18)9-13(12)23(21,22)20-8-6-11-3-1-2-7-19-11/h1-5,7,9,20H,6,8H2. The minimum absolute atomic E-state index is 0.00801. The molecule has 9 heteroatoms. The third kappa shape index (κ3) is 4.66. The first-order valence-corrected chi connectivity index (χ1v) is 8.32. The molecule has 4 nitrogen and oxygen atoms in total. The molecule has 1 aromatic carbocycles. The average molecular weight is 365 g/mol. The molecule has 0 aliphatic carbocycles. The lowest BCUT2D eigenvalue weighted by Gasteiger charge is -2.12. The molecule has 1 aromatic heterocycles. The van der Waals surface area contributed by atoms with E-state index in [1.165, 1.54) is 0 Å². The third-order valence-electron chi connectivity index (χ3n) is 2.95. The van der Waals surface area contributed by atoms with Crippen molar-refractivity contribution in [3.63, 3.8) is 0 Å². The van der Waals surface area contributed by atoms with E-state index in [9.17, 15) is 21.6 Å². The highest BCUT2D eigenvalue weighted by Crippen LogP contribution is 2.33. The lowest BCUT2D eigenvalue weighted by Crippen LogP contribution is -2.26. The fourth-order valence-electron chi connectivity index (χ4n) is 1.82. The Bertz CT molecular complexity index is 780. The summed E-state index contributed by atoms with van der Waals surface area (Å²) in [6, 6.07) is 7.35. The Hall–Kier alpha value is -1.64. The predicted molar refractivity (Wildman–Crippen MR) is 79.6 cm³/mol. The number of hydrogen-bond acceptors (Lipinski definition) is 3. The summed E-state index contributed by atoms with van der Waals surface area (Å²) in [5.74, 6) is 0. The maximum Gasteiger partial charge on any atom is 0.416 e. The molecule has 0 fully saturated rings. The fraction of sp³-hybridized carbons (Fsp3) is 0.214. The zero-order valence-corrected chi connectivity index (χ0v) is 13.2. The lowest BCUT2D eigenvalue weighted by atomic mass is 10.2. The number of hydrogen-bond donors (Lipinski definition) is 1. The normalized spacial score (nSPS) is 12.3. The smallest absolute Gasteiger partial charge is 0.261 e. The number of nitrogens with one attached hydrogen (secondary N) is 1. The van der Waals surface area contributed by atoms with Crippen LogP contribution in [0.15, 0.2) is 47.5 Å². The summed E-state index contributed by atoms with van der Waals surface area (Å²) in [5, 5.41) is -0.275. The van der Waals surface area contributed by atoms with Crippen LogP contribution in [0.5, 0.6) is 0 Å². The van der Waals surface area contributed by atoms with Gasteiger partial charge in [0.05, 0.1) is 10.6 Å². The van der Waals surface area contributed by atoms with Gasteiger partial charge in [0.25, 0.3) is 0 Å². The molecule has 0 unspecified atom stereocenters. The molecular weight excluding hydrogens is 353 g/mol. The highest BCUT2D eigenvalue weighted by molar-refractivity contribution is 7.89. The largest absolute Gasteiger partial charge is 0.416 e. The molecule has 124 valence electrons. The molecule has 0 radical (unpaired) electrons. The predicted octanol–water partition coefficient (Wildman–Crippen LogP) is 3.27. The van der Waals surface area contributed by atoms with Crippen LogP contribution < -0.4 is 4.72 Å². The van der Waals surface area contributed by atoms with Gasteiger partial charge in [-0.3, -0.25) is 4.98 Å². The zero-order chi connectivity index (χ0) is 17.1. The second kappa shape index (κ2) is 6.86. The number of rotatable bonds is 5. The van der Waals surface area contributed by atoms with Crippen molar-refractivity contribution in [3.8, 4) is 0 Å². The van der Waals surface area contributed by atoms with Gasteiger partial charge >= 0.3 is 6.18 Å². The molecule has 2 aromatic rings. The van der Waals surface area contributed by atoms with Crippen molar-refractivity contribution < 1.29 is 21.6 Å². The second-order valence-corrected chi connectivity index (χ2v) is 6.75. The Morgan fingerprint density at radius 2 is 1.91 bits per heavy atom. The van der Waals surface area contributed by atoms with Gasteiger partial charge in [0.1, 0.15) is 4.90 Å². The molecule has 2 rings (SSSR count). The summed E-state index contributed by atoms with van der Waals surface area (Å²) in [6.45, 7) is -0.00801. The van der Waals surface area contributed by atoms with Crippen molar-refractivity contribution >= 4 is 21.6 Å². The Balaban J connectivity index is 2.16. The highest BCUT2D eigenvalue weighted by atomic mass is 35.5. The van der Waals surface area contributed by atoms with E-state index in [1.807, 2.05) is 0 Å². The monoisotopic (exact) mass is 364 g/mol. The summed E-state index contributed by atoms with van der Waals surface area (Å²) in [7, 11) is -4.15. The summed E-state index contributed by atoms with van der Waals surface area (Å²) in [5.41, 5.74) is -0.419. The minimum atomic E-state index is -4.65. The quantitative estimate of drug-likeness (QED) is 0.885. The van der Waals surface area contributed by atoms with Gasteiger partial charge in [0, 0.05) is 24.9 Å². The van der Waals surface area contributed by atoms with Gasteiger partial charge in [0.2, 0.25) is 10.0 Å². The van der Waals surface area contributed by atoms with Gasteiger partial charge in [-0.25, -0.2) is 13.1 Å². The highest BCUT2D eigenvalue weighted by Gasteiger charge is 2.32. The Morgan fingerprint density at radius 3 is 2.52 bits per heavy atom. The first kappa shape index (κ1) is 17.7. The third-order valence-corrected chi connectivity index (χ3v) is 4.89. The van der Waals surface area contributed by atoms with Crippen LogP contribution in [0.4, 0.5) is 13.2 Å². The van der Waals surface area contributed by atoms with Crippen LogP contribution in [0.3, 0.4) is 0 Å². The van der Waals surface area contributed by atoms with Crippen molar-refractivity contribution in [2.45, 2.75) is 17.5 Å². The SMILES string of the molecule is O=S(=O)(NCCc1ccccn1)c1cc(C(F)(F)F)ccc1Cl. The first-order valence-electron chi connectivity index (χ1n) is 6.46. The number of benzene rings is 1. The summed E-state index contributed by atoms with van der Waals surface area (Å²) in [4.78, 5) is 3.42. The molecule has 0 saturated carbocycles. The molecule has 0 saturated heterocycles. The molecule has 0 aliphatic rings. The average Bonchev–Trinajstić information content (AvgIpc) is 2.47.